The third-order valence-electron chi connectivity index (χ3n) is 3.68. The van der Waals surface area contributed by atoms with E-state index in [1.807, 2.05) is 0 Å². The summed E-state index contributed by atoms with van der Waals surface area (Å²) in [4.78, 5) is 17.9. The first-order valence-electron chi connectivity index (χ1n) is 7.19. The Kier molecular flexibility index (Phi) is 4.22. The van der Waals surface area contributed by atoms with Crippen LogP contribution in [0.5, 0.6) is 5.75 Å². The van der Waals surface area contributed by atoms with Crippen LogP contribution in [0.2, 0.25) is 0 Å². The minimum absolute atomic E-state index is 0.00251. The van der Waals surface area contributed by atoms with Crippen molar-refractivity contribution in [3.05, 3.63) is 41.5 Å². The Hall–Kier alpha value is -2.51. The predicted molar refractivity (Wildman–Crippen MR) is 74.8 cm³/mol. The first kappa shape index (κ1) is 15.4. The fraction of sp³-hybridized carbons (Fsp3) is 0.400. The molecule has 1 aliphatic heterocycles. The fourth-order valence-corrected chi connectivity index (χ4v) is 2.49. The maximum atomic E-state index is 13.4. The van der Waals surface area contributed by atoms with Gasteiger partial charge in [-0.05, 0) is 25.5 Å². The number of carbonyl (C=O) groups is 1. The lowest BCUT2D eigenvalue weighted by molar-refractivity contribution is -0.132. The molecule has 0 bridgehead atoms. The number of aryl methyl sites for hydroxylation is 1. The molecule has 0 saturated carbocycles. The van der Waals surface area contributed by atoms with Crippen LogP contribution in [-0.4, -0.2) is 40.6 Å². The zero-order valence-electron chi connectivity index (χ0n) is 12.5. The van der Waals surface area contributed by atoms with Crippen LogP contribution in [0, 0.1) is 18.6 Å². The molecule has 2 heterocycles. The number of ether oxygens (including phenoxy) is 1. The van der Waals surface area contributed by atoms with Crippen LogP contribution in [0.25, 0.3) is 0 Å². The molecule has 1 atom stereocenters. The summed E-state index contributed by atoms with van der Waals surface area (Å²) in [5.74, 6) is -0.877. The fourth-order valence-electron chi connectivity index (χ4n) is 2.49. The molecule has 0 spiro atoms. The zero-order valence-corrected chi connectivity index (χ0v) is 12.5. The summed E-state index contributed by atoms with van der Waals surface area (Å²) in [5, 5.41) is 3.74. The Morgan fingerprint density at radius 2 is 2.30 bits per heavy atom. The second-order valence-corrected chi connectivity index (χ2v) is 5.37. The van der Waals surface area contributed by atoms with Crippen LogP contribution in [0.1, 0.15) is 24.1 Å². The largest absolute Gasteiger partial charge is 0.481 e. The number of likely N-dealkylation sites (tertiary alicyclic amines) is 1. The van der Waals surface area contributed by atoms with E-state index in [-0.39, 0.29) is 24.2 Å². The van der Waals surface area contributed by atoms with Gasteiger partial charge < -0.3 is 14.2 Å². The zero-order chi connectivity index (χ0) is 16.4. The Balaban J connectivity index is 1.55. The van der Waals surface area contributed by atoms with Crippen molar-refractivity contribution in [1.29, 1.82) is 0 Å². The third-order valence-corrected chi connectivity index (χ3v) is 3.68. The van der Waals surface area contributed by atoms with Crippen LogP contribution in [0.3, 0.4) is 0 Å². The Morgan fingerprint density at radius 3 is 3.00 bits per heavy atom. The van der Waals surface area contributed by atoms with Gasteiger partial charge >= 0.3 is 0 Å². The van der Waals surface area contributed by atoms with E-state index in [0.29, 0.717) is 30.9 Å². The van der Waals surface area contributed by atoms with Crippen molar-refractivity contribution < 1.29 is 22.8 Å². The quantitative estimate of drug-likeness (QED) is 0.861. The Morgan fingerprint density at radius 1 is 1.48 bits per heavy atom. The molecular weight excluding hydrogens is 308 g/mol. The molecule has 8 heteroatoms. The standard InChI is InChI=1S/C15H15F2N3O3/c1-9-18-15(23-19-9)10-4-5-20(7-10)14(21)8-22-13-3-2-11(16)6-12(13)17/h2-3,6,10H,4-5,7-8H2,1H3. The second kappa shape index (κ2) is 6.31. The van der Waals surface area contributed by atoms with Gasteiger partial charge in [-0.2, -0.15) is 4.98 Å². The monoisotopic (exact) mass is 323 g/mol. The van der Waals surface area contributed by atoms with Crippen molar-refractivity contribution in [2.75, 3.05) is 19.7 Å². The highest BCUT2D eigenvalue weighted by Gasteiger charge is 2.31. The van der Waals surface area contributed by atoms with E-state index in [1.54, 1.807) is 11.8 Å². The summed E-state index contributed by atoms with van der Waals surface area (Å²) in [7, 11) is 0. The molecule has 122 valence electrons. The van der Waals surface area contributed by atoms with Crippen molar-refractivity contribution in [3.8, 4) is 5.75 Å². The third kappa shape index (κ3) is 3.46. The first-order valence-corrected chi connectivity index (χ1v) is 7.19. The van der Waals surface area contributed by atoms with Gasteiger partial charge in [-0.15, -0.1) is 0 Å². The summed E-state index contributed by atoms with van der Waals surface area (Å²) in [6.07, 6.45) is 0.721. The van der Waals surface area contributed by atoms with Crippen molar-refractivity contribution in [3.63, 3.8) is 0 Å². The summed E-state index contributed by atoms with van der Waals surface area (Å²) >= 11 is 0. The highest BCUT2D eigenvalue weighted by molar-refractivity contribution is 5.78. The van der Waals surface area contributed by atoms with Gasteiger partial charge in [0, 0.05) is 19.2 Å². The minimum Gasteiger partial charge on any atom is -0.481 e. The van der Waals surface area contributed by atoms with Crippen LogP contribution in [-0.2, 0) is 4.79 Å². The van der Waals surface area contributed by atoms with Crippen molar-refractivity contribution >= 4 is 5.91 Å². The van der Waals surface area contributed by atoms with Gasteiger partial charge in [0.15, 0.2) is 24.0 Å². The molecule has 1 aromatic carbocycles. The Bertz CT molecular complexity index is 720. The number of rotatable bonds is 4. The number of aromatic nitrogens is 2. The van der Waals surface area contributed by atoms with Crippen LogP contribution >= 0.6 is 0 Å². The van der Waals surface area contributed by atoms with Crippen molar-refractivity contribution in [1.82, 2.24) is 15.0 Å². The number of amides is 1. The second-order valence-electron chi connectivity index (χ2n) is 5.37. The summed E-state index contributed by atoms with van der Waals surface area (Å²) in [5.41, 5.74) is 0. The van der Waals surface area contributed by atoms with Gasteiger partial charge in [-0.25, -0.2) is 8.78 Å². The molecule has 2 aromatic rings. The summed E-state index contributed by atoms with van der Waals surface area (Å²) in [6, 6.07) is 2.95. The molecule has 1 unspecified atom stereocenters. The van der Waals surface area contributed by atoms with E-state index in [9.17, 15) is 13.6 Å². The predicted octanol–water partition coefficient (Wildman–Crippen LogP) is 2.05. The molecule has 23 heavy (non-hydrogen) atoms. The van der Waals surface area contributed by atoms with E-state index < -0.39 is 11.6 Å². The highest BCUT2D eigenvalue weighted by Crippen LogP contribution is 2.26. The lowest BCUT2D eigenvalue weighted by Crippen LogP contribution is -2.33. The molecule has 1 saturated heterocycles. The van der Waals surface area contributed by atoms with E-state index in [4.69, 9.17) is 9.26 Å². The summed E-state index contributed by atoms with van der Waals surface area (Å²) in [6.45, 7) is 2.42. The van der Waals surface area contributed by atoms with E-state index in [0.717, 1.165) is 18.6 Å². The number of nitrogens with zero attached hydrogens (tertiary/aromatic N) is 3. The molecule has 1 amide bonds. The number of halogens is 2. The van der Waals surface area contributed by atoms with Gasteiger partial charge in [0.25, 0.3) is 5.91 Å². The smallest absolute Gasteiger partial charge is 0.260 e. The van der Waals surface area contributed by atoms with E-state index in [1.165, 1.54) is 0 Å². The first-order chi connectivity index (χ1) is 11.0. The maximum Gasteiger partial charge on any atom is 0.260 e. The van der Waals surface area contributed by atoms with Crippen molar-refractivity contribution in [2.45, 2.75) is 19.3 Å². The van der Waals surface area contributed by atoms with Gasteiger partial charge in [-0.1, -0.05) is 5.16 Å². The molecule has 6 nitrogen and oxygen atoms in total. The van der Waals surface area contributed by atoms with Crippen LogP contribution in [0.4, 0.5) is 8.78 Å². The average Bonchev–Trinajstić information content (AvgIpc) is 3.14. The average molecular weight is 323 g/mol. The molecule has 1 aromatic heterocycles. The number of benzene rings is 1. The van der Waals surface area contributed by atoms with Gasteiger partial charge in [0.05, 0.1) is 5.92 Å². The minimum atomic E-state index is -0.835. The molecule has 0 radical (unpaired) electrons. The van der Waals surface area contributed by atoms with Crippen LogP contribution in [0.15, 0.2) is 22.7 Å². The molecular formula is C15H15F2N3O3. The number of carbonyl (C=O) groups excluding carboxylic acids is 1. The lowest BCUT2D eigenvalue weighted by atomic mass is 10.1. The Labute approximate surface area is 131 Å². The molecule has 3 rings (SSSR count). The molecule has 1 aliphatic rings. The lowest BCUT2D eigenvalue weighted by Gasteiger charge is -2.16. The van der Waals surface area contributed by atoms with Gasteiger partial charge in [-0.3, -0.25) is 4.79 Å². The molecule has 0 N–H and O–H groups in total. The molecule has 0 aliphatic carbocycles. The van der Waals surface area contributed by atoms with E-state index >= 15 is 0 Å². The molecule has 1 fully saturated rings. The number of hydrogen-bond acceptors (Lipinski definition) is 5. The number of hydrogen-bond donors (Lipinski definition) is 0. The van der Waals surface area contributed by atoms with Crippen LogP contribution < -0.4 is 4.74 Å². The highest BCUT2D eigenvalue weighted by atomic mass is 19.1. The van der Waals surface area contributed by atoms with Gasteiger partial charge in [0.2, 0.25) is 5.89 Å². The summed E-state index contributed by atoms with van der Waals surface area (Å²) < 4.78 is 36.5. The topological polar surface area (TPSA) is 68.5 Å². The SMILES string of the molecule is Cc1noc(C2CCN(C(=O)COc3ccc(F)cc3F)C2)n1. The van der Waals surface area contributed by atoms with Crippen molar-refractivity contribution in [2.24, 2.45) is 0 Å². The maximum absolute atomic E-state index is 13.4. The normalized spacial score (nSPS) is 17.5. The van der Waals surface area contributed by atoms with Gasteiger partial charge in [0.1, 0.15) is 5.82 Å². The van der Waals surface area contributed by atoms with E-state index in [2.05, 4.69) is 10.1 Å².